The Morgan fingerprint density at radius 1 is 1.17 bits per heavy atom. The van der Waals surface area contributed by atoms with E-state index in [1.54, 1.807) is 38.2 Å². The fourth-order valence-electron chi connectivity index (χ4n) is 3.45. The summed E-state index contributed by atoms with van der Waals surface area (Å²) in [5.74, 6) is 0.491. The minimum absolute atomic E-state index is 0.0499. The zero-order valence-electron chi connectivity index (χ0n) is 16.7. The Kier molecular flexibility index (Phi) is 6.87. The molecule has 1 heterocycles. The largest absolute Gasteiger partial charge is 0.474 e. The number of sulfonamides is 1. The number of aromatic nitrogens is 1. The van der Waals surface area contributed by atoms with Crippen molar-refractivity contribution in [3.63, 3.8) is 0 Å². The summed E-state index contributed by atoms with van der Waals surface area (Å²) in [5, 5.41) is 2.74. The fraction of sp³-hybridized carbons (Fsp3) is 0.429. The van der Waals surface area contributed by atoms with Gasteiger partial charge in [-0.15, -0.1) is 0 Å². The summed E-state index contributed by atoms with van der Waals surface area (Å²) in [4.78, 5) is 15.9. The summed E-state index contributed by atoms with van der Waals surface area (Å²) in [5.41, 5.74) is 1.19. The van der Waals surface area contributed by atoms with Crippen LogP contribution in [-0.4, -0.2) is 31.5 Å². The molecule has 8 heteroatoms. The van der Waals surface area contributed by atoms with E-state index in [1.807, 2.05) is 18.2 Å². The molecule has 1 aliphatic rings. The smallest absolute Gasteiger partial charge is 0.241 e. The normalized spacial score (nSPS) is 19.5. The van der Waals surface area contributed by atoms with Crippen LogP contribution in [0.1, 0.15) is 44.6 Å². The van der Waals surface area contributed by atoms with Crippen LogP contribution in [0.3, 0.4) is 0 Å². The van der Waals surface area contributed by atoms with Gasteiger partial charge >= 0.3 is 0 Å². The van der Waals surface area contributed by atoms with Crippen LogP contribution < -0.4 is 14.8 Å². The first kappa shape index (κ1) is 21.3. The van der Waals surface area contributed by atoms with Crippen LogP contribution >= 0.6 is 0 Å². The summed E-state index contributed by atoms with van der Waals surface area (Å²) in [7, 11) is -3.63. The van der Waals surface area contributed by atoms with Gasteiger partial charge in [0.2, 0.25) is 21.8 Å². The second-order valence-electron chi connectivity index (χ2n) is 7.26. The third-order valence-corrected chi connectivity index (χ3v) is 6.67. The number of amides is 1. The monoisotopic (exact) mass is 417 g/mol. The lowest BCUT2D eigenvalue weighted by Crippen LogP contribution is -2.39. The molecule has 1 aliphatic carbocycles. The molecule has 29 heavy (non-hydrogen) atoms. The van der Waals surface area contributed by atoms with Crippen molar-refractivity contribution in [1.29, 1.82) is 0 Å². The summed E-state index contributed by atoms with van der Waals surface area (Å²) < 4.78 is 34.4. The van der Waals surface area contributed by atoms with E-state index in [1.165, 1.54) is 0 Å². The van der Waals surface area contributed by atoms with E-state index in [0.29, 0.717) is 36.4 Å². The molecule has 2 N–H and O–H groups in total. The number of carbonyl (C=O) groups excluding carboxylic acids is 1. The van der Waals surface area contributed by atoms with Crippen molar-refractivity contribution in [3.05, 3.63) is 48.2 Å². The van der Waals surface area contributed by atoms with Crippen LogP contribution in [0.4, 0.5) is 5.69 Å². The molecule has 0 unspecified atom stereocenters. The minimum Gasteiger partial charge on any atom is -0.474 e. The predicted molar refractivity (Wildman–Crippen MR) is 111 cm³/mol. The van der Waals surface area contributed by atoms with E-state index >= 15 is 0 Å². The number of carbonyl (C=O) groups is 1. The Morgan fingerprint density at radius 3 is 2.55 bits per heavy atom. The number of ether oxygens (including phenoxy) is 1. The van der Waals surface area contributed by atoms with Crippen molar-refractivity contribution in [2.45, 2.75) is 63.0 Å². The van der Waals surface area contributed by atoms with Crippen LogP contribution in [0.2, 0.25) is 0 Å². The van der Waals surface area contributed by atoms with Crippen LogP contribution in [0.25, 0.3) is 0 Å². The highest BCUT2D eigenvalue weighted by Gasteiger charge is 2.27. The SMILES string of the molecule is CCC(=O)Nc1ccc(S(=O)(=O)NC2CCC(Oc3ccccn3)CC2)c(C)c1. The van der Waals surface area contributed by atoms with Crippen LogP contribution in [-0.2, 0) is 14.8 Å². The fourth-order valence-corrected chi connectivity index (χ4v) is 4.98. The molecule has 7 nitrogen and oxygen atoms in total. The summed E-state index contributed by atoms with van der Waals surface area (Å²) >= 11 is 0. The van der Waals surface area contributed by atoms with Gasteiger partial charge in [0.1, 0.15) is 6.10 Å². The van der Waals surface area contributed by atoms with Gasteiger partial charge in [0.25, 0.3) is 0 Å². The Hall–Kier alpha value is -2.45. The maximum atomic E-state index is 12.8. The summed E-state index contributed by atoms with van der Waals surface area (Å²) in [6.07, 6.45) is 5.06. The van der Waals surface area contributed by atoms with Gasteiger partial charge in [-0.1, -0.05) is 13.0 Å². The third kappa shape index (κ3) is 5.77. The van der Waals surface area contributed by atoms with E-state index in [4.69, 9.17) is 4.74 Å². The van der Waals surface area contributed by atoms with Crippen molar-refractivity contribution in [3.8, 4) is 5.88 Å². The number of pyridine rings is 1. The number of rotatable bonds is 7. The standard InChI is InChI=1S/C21H27N3O4S/c1-3-20(25)23-17-9-12-19(15(2)14-17)29(26,27)24-16-7-10-18(11-8-16)28-21-6-4-5-13-22-21/h4-6,9,12-14,16,18,24H,3,7-8,10-11H2,1-2H3,(H,23,25). The Labute approximate surface area is 171 Å². The second kappa shape index (κ2) is 9.37. The quantitative estimate of drug-likeness (QED) is 0.720. The molecule has 1 fully saturated rings. The molecule has 156 valence electrons. The zero-order valence-corrected chi connectivity index (χ0v) is 17.5. The van der Waals surface area contributed by atoms with Crippen LogP contribution in [0.15, 0.2) is 47.5 Å². The first-order valence-corrected chi connectivity index (χ1v) is 11.4. The van der Waals surface area contributed by atoms with Gasteiger partial charge in [-0.25, -0.2) is 18.1 Å². The van der Waals surface area contributed by atoms with Crippen LogP contribution in [0, 0.1) is 6.92 Å². The van der Waals surface area contributed by atoms with Gasteiger partial charge < -0.3 is 10.1 Å². The van der Waals surface area contributed by atoms with Crippen molar-refractivity contribution in [2.24, 2.45) is 0 Å². The highest BCUT2D eigenvalue weighted by atomic mass is 32.2. The first-order chi connectivity index (χ1) is 13.9. The van der Waals surface area contributed by atoms with Gasteiger partial charge in [-0.3, -0.25) is 4.79 Å². The average molecular weight is 418 g/mol. The topological polar surface area (TPSA) is 97.4 Å². The highest BCUT2D eigenvalue weighted by molar-refractivity contribution is 7.89. The number of hydrogen-bond donors (Lipinski definition) is 2. The molecule has 0 atom stereocenters. The lowest BCUT2D eigenvalue weighted by atomic mass is 9.94. The predicted octanol–water partition coefficient (Wildman–Crippen LogP) is 3.41. The van der Waals surface area contributed by atoms with Crippen molar-refractivity contribution in [1.82, 2.24) is 9.71 Å². The molecule has 0 saturated heterocycles. The third-order valence-electron chi connectivity index (χ3n) is 4.99. The molecule has 0 bridgehead atoms. The van der Waals surface area contributed by atoms with Crippen LogP contribution in [0.5, 0.6) is 5.88 Å². The van der Waals surface area contributed by atoms with Gasteiger partial charge in [0.05, 0.1) is 4.90 Å². The molecule has 1 aromatic carbocycles. The Balaban J connectivity index is 1.58. The minimum atomic E-state index is -3.63. The number of nitrogens with one attached hydrogen (secondary N) is 2. The maximum absolute atomic E-state index is 12.8. The Morgan fingerprint density at radius 2 is 1.93 bits per heavy atom. The molecular formula is C21H27N3O4S. The van der Waals surface area contributed by atoms with Gasteiger partial charge in [-0.05, 0) is 62.4 Å². The van der Waals surface area contributed by atoms with E-state index in [0.717, 1.165) is 12.8 Å². The molecule has 2 aromatic rings. The molecule has 0 spiro atoms. The molecule has 1 amide bonds. The van der Waals surface area contributed by atoms with Crippen molar-refractivity contribution in [2.75, 3.05) is 5.32 Å². The average Bonchev–Trinajstić information content (AvgIpc) is 2.70. The van der Waals surface area contributed by atoms with E-state index in [9.17, 15) is 13.2 Å². The number of benzene rings is 1. The molecule has 1 aromatic heterocycles. The lowest BCUT2D eigenvalue weighted by molar-refractivity contribution is -0.115. The van der Waals surface area contributed by atoms with Gasteiger partial charge in [0, 0.05) is 30.4 Å². The number of anilines is 1. The van der Waals surface area contributed by atoms with E-state index < -0.39 is 10.0 Å². The van der Waals surface area contributed by atoms with E-state index in [-0.39, 0.29) is 22.9 Å². The summed E-state index contributed by atoms with van der Waals surface area (Å²) in [6, 6.07) is 10.3. The zero-order chi connectivity index (χ0) is 20.9. The molecule has 0 radical (unpaired) electrons. The van der Waals surface area contributed by atoms with Crippen molar-refractivity contribution >= 4 is 21.6 Å². The molecule has 0 aliphatic heterocycles. The highest BCUT2D eigenvalue weighted by Crippen LogP contribution is 2.25. The molecule has 1 saturated carbocycles. The van der Waals surface area contributed by atoms with Gasteiger partial charge in [-0.2, -0.15) is 0 Å². The second-order valence-corrected chi connectivity index (χ2v) is 8.95. The van der Waals surface area contributed by atoms with Crippen molar-refractivity contribution < 1.29 is 17.9 Å². The lowest BCUT2D eigenvalue weighted by Gasteiger charge is -2.29. The first-order valence-electron chi connectivity index (χ1n) is 9.88. The van der Waals surface area contributed by atoms with E-state index in [2.05, 4.69) is 15.0 Å². The maximum Gasteiger partial charge on any atom is 0.241 e. The summed E-state index contributed by atoms with van der Waals surface area (Å²) in [6.45, 7) is 3.49. The Bertz CT molecular complexity index is 940. The van der Waals surface area contributed by atoms with Gasteiger partial charge in [0.15, 0.2) is 0 Å². The molecular weight excluding hydrogens is 390 g/mol. The number of aryl methyl sites for hydroxylation is 1. The number of hydrogen-bond acceptors (Lipinski definition) is 5. The molecule has 3 rings (SSSR count). The number of nitrogens with zero attached hydrogens (tertiary/aromatic N) is 1.